The number of piperidine rings is 1. The first-order valence-electron chi connectivity index (χ1n) is 13.5. The number of aliphatic hydroxyl groups excluding tert-OH is 1. The van der Waals surface area contributed by atoms with E-state index >= 15 is 4.39 Å². The zero-order valence-corrected chi connectivity index (χ0v) is 22.1. The molecule has 1 aromatic carbocycles. The number of carbonyl (C=O) groups is 1. The number of benzene rings is 1. The van der Waals surface area contributed by atoms with Crippen LogP contribution in [-0.2, 0) is 0 Å². The van der Waals surface area contributed by atoms with Gasteiger partial charge in [-0.1, -0.05) is 12.1 Å². The number of pyridine rings is 1. The van der Waals surface area contributed by atoms with E-state index in [1.807, 2.05) is 18.3 Å². The van der Waals surface area contributed by atoms with Crippen LogP contribution < -0.4 is 4.90 Å². The Bertz CT molecular complexity index is 1250. The molecule has 2 saturated heterocycles. The maximum absolute atomic E-state index is 15.5. The lowest BCUT2D eigenvalue weighted by Crippen LogP contribution is -2.50. The number of aliphatic hydroxyl groups is 1. The van der Waals surface area contributed by atoms with Gasteiger partial charge in [0.1, 0.15) is 17.3 Å². The molecule has 0 radical (unpaired) electrons. The molecule has 3 heterocycles. The standard InChI is InChI=1S/C29H35FN6O2/c1-34(2)27(38)25-10-4-21(17-32-25)20-5-11-26(24(30)16-20)35-14-3-12-29(18-35)13-15-36(28(29)33-19-31)22-6-8-23(37)9-7-22/h4-5,10-11,16-17,22-23,37H,3,6-9,12-15,18H2,1-2H3. The van der Waals surface area contributed by atoms with Crippen molar-refractivity contribution in [1.82, 2.24) is 14.8 Å². The van der Waals surface area contributed by atoms with Crippen molar-refractivity contribution in [1.29, 1.82) is 5.26 Å². The van der Waals surface area contributed by atoms with Crippen LogP contribution in [0.1, 0.15) is 55.4 Å². The van der Waals surface area contributed by atoms with E-state index in [2.05, 4.69) is 19.8 Å². The number of carbonyl (C=O) groups excluding carboxylic acids is 1. The first kappa shape index (κ1) is 26.1. The molecule has 1 amide bonds. The molecule has 1 spiro atoms. The predicted octanol–water partition coefficient (Wildman–Crippen LogP) is 4.06. The number of aromatic nitrogens is 1. The fraction of sp³-hybridized carbons (Fsp3) is 0.517. The third-order valence-corrected chi connectivity index (χ3v) is 8.43. The summed E-state index contributed by atoms with van der Waals surface area (Å²) in [7, 11) is 3.35. The molecule has 0 bridgehead atoms. The molecule has 1 saturated carbocycles. The van der Waals surface area contributed by atoms with Crippen molar-refractivity contribution in [2.75, 3.05) is 38.6 Å². The summed E-state index contributed by atoms with van der Waals surface area (Å²) >= 11 is 0. The SMILES string of the molecule is CN(C)C(=O)c1ccc(-c2ccc(N3CCCC4(CCN(C5CCC(O)CC5)C4=NC#N)C3)c(F)c2)cn1. The van der Waals surface area contributed by atoms with Crippen LogP contribution >= 0.6 is 0 Å². The summed E-state index contributed by atoms with van der Waals surface area (Å²) in [5, 5.41) is 19.5. The largest absolute Gasteiger partial charge is 0.393 e. The Morgan fingerprint density at radius 2 is 1.92 bits per heavy atom. The summed E-state index contributed by atoms with van der Waals surface area (Å²) in [6.07, 6.45) is 9.50. The van der Waals surface area contributed by atoms with Gasteiger partial charge >= 0.3 is 0 Å². The summed E-state index contributed by atoms with van der Waals surface area (Å²) in [5.74, 6) is 0.368. The fourth-order valence-corrected chi connectivity index (χ4v) is 6.40. The number of anilines is 1. The van der Waals surface area contributed by atoms with Gasteiger partial charge in [-0.05, 0) is 68.7 Å². The second-order valence-corrected chi connectivity index (χ2v) is 11.0. The van der Waals surface area contributed by atoms with Gasteiger partial charge in [-0.15, -0.1) is 0 Å². The number of aliphatic imine (C=N–C) groups is 1. The Labute approximate surface area is 223 Å². The van der Waals surface area contributed by atoms with E-state index in [0.29, 0.717) is 29.5 Å². The van der Waals surface area contributed by atoms with Crippen molar-refractivity contribution in [3.05, 3.63) is 48.0 Å². The van der Waals surface area contributed by atoms with Crippen molar-refractivity contribution in [2.24, 2.45) is 10.4 Å². The number of rotatable bonds is 4. The van der Waals surface area contributed by atoms with Crippen LogP contribution in [0.4, 0.5) is 10.1 Å². The van der Waals surface area contributed by atoms with Crippen molar-refractivity contribution in [2.45, 2.75) is 57.1 Å². The average Bonchev–Trinajstić information content (AvgIpc) is 3.25. The topological polar surface area (TPSA) is 96.1 Å². The molecule has 8 nitrogen and oxygen atoms in total. The molecule has 5 rings (SSSR count). The second kappa shape index (κ2) is 10.7. The lowest BCUT2D eigenvalue weighted by atomic mass is 9.77. The number of halogens is 1. The molecule has 1 atom stereocenters. The van der Waals surface area contributed by atoms with E-state index in [1.54, 1.807) is 32.4 Å². The van der Waals surface area contributed by atoms with E-state index < -0.39 is 0 Å². The van der Waals surface area contributed by atoms with Crippen LogP contribution in [0.15, 0.2) is 41.5 Å². The molecule has 2 aromatic rings. The highest BCUT2D eigenvalue weighted by Crippen LogP contribution is 2.44. The third-order valence-electron chi connectivity index (χ3n) is 8.43. The maximum atomic E-state index is 15.5. The molecular weight excluding hydrogens is 483 g/mol. The van der Waals surface area contributed by atoms with Gasteiger partial charge in [0.2, 0.25) is 6.19 Å². The number of nitriles is 1. The van der Waals surface area contributed by atoms with Crippen LogP contribution in [0.25, 0.3) is 11.1 Å². The molecule has 1 aliphatic carbocycles. The van der Waals surface area contributed by atoms with Gasteiger partial charge in [0.15, 0.2) is 0 Å². The average molecular weight is 519 g/mol. The second-order valence-electron chi connectivity index (χ2n) is 11.0. The molecule has 2 aliphatic heterocycles. The Morgan fingerprint density at radius 3 is 2.58 bits per heavy atom. The molecular formula is C29H35FN6O2. The molecule has 9 heteroatoms. The number of likely N-dealkylation sites (tertiary alicyclic amines) is 1. The minimum Gasteiger partial charge on any atom is -0.393 e. The monoisotopic (exact) mass is 518 g/mol. The van der Waals surface area contributed by atoms with Crippen LogP contribution in [0.3, 0.4) is 0 Å². The Kier molecular flexibility index (Phi) is 7.35. The number of hydrogen-bond donors (Lipinski definition) is 1. The Hall–Kier alpha value is -3.51. The van der Waals surface area contributed by atoms with E-state index in [4.69, 9.17) is 0 Å². The smallest absolute Gasteiger partial charge is 0.271 e. The van der Waals surface area contributed by atoms with Crippen LogP contribution in [0, 0.1) is 22.7 Å². The van der Waals surface area contributed by atoms with Gasteiger partial charge in [0.25, 0.3) is 5.91 Å². The van der Waals surface area contributed by atoms with Gasteiger partial charge in [-0.25, -0.2) is 4.39 Å². The van der Waals surface area contributed by atoms with Gasteiger partial charge in [-0.3, -0.25) is 9.78 Å². The van der Waals surface area contributed by atoms with Crippen molar-refractivity contribution >= 4 is 17.4 Å². The lowest BCUT2D eigenvalue weighted by molar-refractivity contribution is 0.0822. The molecule has 38 heavy (non-hydrogen) atoms. The molecule has 1 unspecified atom stereocenters. The summed E-state index contributed by atoms with van der Waals surface area (Å²) in [6.45, 7) is 2.21. The van der Waals surface area contributed by atoms with E-state index in [1.165, 1.54) is 11.0 Å². The minimum atomic E-state index is -0.303. The molecule has 1 N–H and O–H groups in total. The van der Waals surface area contributed by atoms with Gasteiger partial charge in [-0.2, -0.15) is 10.3 Å². The van der Waals surface area contributed by atoms with Crippen molar-refractivity contribution < 1.29 is 14.3 Å². The van der Waals surface area contributed by atoms with Gasteiger partial charge in [0.05, 0.1) is 11.8 Å². The minimum absolute atomic E-state index is 0.178. The highest BCUT2D eigenvalue weighted by molar-refractivity contribution is 5.93. The van der Waals surface area contributed by atoms with E-state index in [-0.39, 0.29) is 23.2 Å². The number of nitrogens with zero attached hydrogens (tertiary/aromatic N) is 6. The van der Waals surface area contributed by atoms with Gasteiger partial charge in [0, 0.05) is 56.9 Å². The molecule has 1 aromatic heterocycles. The zero-order chi connectivity index (χ0) is 26.9. The number of hydrogen-bond acceptors (Lipinski definition) is 6. The quantitative estimate of drug-likeness (QED) is 0.613. The summed E-state index contributed by atoms with van der Waals surface area (Å²) in [5.41, 5.74) is 2.07. The highest BCUT2D eigenvalue weighted by atomic mass is 19.1. The first-order valence-corrected chi connectivity index (χ1v) is 13.5. The number of amidine groups is 1. The third kappa shape index (κ3) is 4.97. The van der Waals surface area contributed by atoms with Crippen LogP contribution in [0.5, 0.6) is 0 Å². The fourth-order valence-electron chi connectivity index (χ4n) is 6.40. The van der Waals surface area contributed by atoms with E-state index in [0.717, 1.165) is 69.4 Å². The Morgan fingerprint density at radius 1 is 1.16 bits per heavy atom. The van der Waals surface area contributed by atoms with Gasteiger partial charge < -0.3 is 19.8 Å². The van der Waals surface area contributed by atoms with Crippen LogP contribution in [0.2, 0.25) is 0 Å². The van der Waals surface area contributed by atoms with Crippen molar-refractivity contribution in [3.63, 3.8) is 0 Å². The molecule has 3 aliphatic rings. The maximum Gasteiger partial charge on any atom is 0.271 e. The first-order chi connectivity index (χ1) is 18.3. The molecule has 200 valence electrons. The number of amides is 1. The molecule has 3 fully saturated rings. The summed E-state index contributed by atoms with van der Waals surface area (Å²) < 4.78 is 15.5. The predicted molar refractivity (Wildman–Crippen MR) is 144 cm³/mol. The van der Waals surface area contributed by atoms with Crippen LogP contribution in [-0.4, -0.2) is 77.5 Å². The highest BCUT2D eigenvalue weighted by Gasteiger charge is 2.49. The zero-order valence-electron chi connectivity index (χ0n) is 22.1. The van der Waals surface area contributed by atoms with Crippen molar-refractivity contribution in [3.8, 4) is 17.3 Å². The summed E-state index contributed by atoms with van der Waals surface area (Å²) in [4.78, 5) is 26.6. The normalized spacial score (nSPS) is 26.6. The Balaban J connectivity index is 1.35. The van der Waals surface area contributed by atoms with E-state index in [9.17, 15) is 15.2 Å². The summed E-state index contributed by atoms with van der Waals surface area (Å²) in [6, 6.07) is 8.98. The lowest BCUT2D eigenvalue weighted by Gasteiger charge is -2.43.